The number of ether oxygens (including phenoxy) is 1. The Kier molecular flexibility index (Phi) is 3.03. The predicted molar refractivity (Wildman–Crippen MR) is 64.7 cm³/mol. The quantitative estimate of drug-likeness (QED) is 0.805. The number of carbonyl (C=O) groups excluding carboxylic acids is 1. The van der Waals surface area contributed by atoms with E-state index < -0.39 is 11.7 Å². The predicted octanol–water partition coefficient (Wildman–Crippen LogP) is 3.24. The summed E-state index contributed by atoms with van der Waals surface area (Å²) in [5, 5.41) is 0. The zero-order valence-electron chi connectivity index (χ0n) is 10.0. The molecule has 1 aromatic rings. The average Bonchev–Trinajstić information content (AvgIpc) is 2.35. The molecule has 0 spiro atoms. The number of hydrogen-bond acceptors (Lipinski definition) is 2. The highest BCUT2D eigenvalue weighted by atomic mass is 19.3. The van der Waals surface area contributed by atoms with Crippen LogP contribution in [0, 0.1) is 0 Å². The lowest BCUT2D eigenvalue weighted by Crippen LogP contribution is -2.31. The van der Waals surface area contributed by atoms with Gasteiger partial charge < -0.3 is 4.74 Å². The van der Waals surface area contributed by atoms with Crippen LogP contribution in [0.15, 0.2) is 42.0 Å². The number of halogens is 2. The van der Waals surface area contributed by atoms with E-state index in [1.54, 1.807) is 19.1 Å². The van der Waals surface area contributed by atoms with E-state index in [9.17, 15) is 13.6 Å². The summed E-state index contributed by atoms with van der Waals surface area (Å²) >= 11 is 0. The van der Waals surface area contributed by atoms with E-state index >= 15 is 0 Å². The van der Waals surface area contributed by atoms with Crippen molar-refractivity contribution in [2.45, 2.75) is 12.8 Å². The highest BCUT2D eigenvalue weighted by Gasteiger charge is 2.44. The Hall–Kier alpha value is -1.97. The highest BCUT2D eigenvalue weighted by Crippen LogP contribution is 2.39. The second-order valence-electron chi connectivity index (χ2n) is 4.06. The molecule has 0 heterocycles. The molecule has 0 saturated carbocycles. The van der Waals surface area contributed by atoms with Crippen molar-refractivity contribution in [3.05, 3.63) is 47.6 Å². The normalized spacial score (nSPS) is 18.1. The van der Waals surface area contributed by atoms with Crippen molar-refractivity contribution < 1.29 is 18.3 Å². The van der Waals surface area contributed by atoms with E-state index in [1.807, 2.05) is 0 Å². The van der Waals surface area contributed by atoms with Gasteiger partial charge in [0, 0.05) is 5.57 Å². The van der Waals surface area contributed by atoms with Crippen LogP contribution < -0.4 is 4.74 Å². The van der Waals surface area contributed by atoms with Gasteiger partial charge in [-0.3, -0.25) is 4.79 Å². The molecule has 2 rings (SSSR count). The SMILES string of the molecule is COc1ccc(C2=C(C)C=CC(=O)C2(F)F)cc1. The van der Waals surface area contributed by atoms with E-state index in [0.29, 0.717) is 16.9 Å². The van der Waals surface area contributed by atoms with Crippen LogP contribution in [0.4, 0.5) is 8.78 Å². The van der Waals surface area contributed by atoms with Gasteiger partial charge in [-0.1, -0.05) is 18.2 Å². The van der Waals surface area contributed by atoms with Crippen LogP contribution in [0.3, 0.4) is 0 Å². The molecular formula is C14H12F2O2. The maximum Gasteiger partial charge on any atom is 0.335 e. The van der Waals surface area contributed by atoms with Gasteiger partial charge in [0.05, 0.1) is 7.11 Å². The molecule has 1 aliphatic rings. The van der Waals surface area contributed by atoms with E-state index in [0.717, 1.165) is 6.08 Å². The first-order valence-corrected chi connectivity index (χ1v) is 5.43. The van der Waals surface area contributed by atoms with Crippen molar-refractivity contribution in [2.24, 2.45) is 0 Å². The van der Waals surface area contributed by atoms with Crippen molar-refractivity contribution in [3.63, 3.8) is 0 Å². The minimum Gasteiger partial charge on any atom is -0.497 e. The lowest BCUT2D eigenvalue weighted by Gasteiger charge is -2.22. The Bertz CT molecular complexity index is 539. The average molecular weight is 250 g/mol. The molecule has 0 radical (unpaired) electrons. The van der Waals surface area contributed by atoms with Crippen molar-refractivity contribution in [3.8, 4) is 5.75 Å². The third-order valence-electron chi connectivity index (χ3n) is 2.88. The van der Waals surface area contributed by atoms with Crippen LogP contribution in [0.2, 0.25) is 0 Å². The Morgan fingerprint density at radius 3 is 2.28 bits per heavy atom. The molecule has 0 atom stereocenters. The summed E-state index contributed by atoms with van der Waals surface area (Å²) < 4.78 is 32.8. The molecule has 0 amide bonds. The number of alkyl halides is 2. The second-order valence-corrected chi connectivity index (χ2v) is 4.06. The Morgan fingerprint density at radius 2 is 1.72 bits per heavy atom. The third kappa shape index (κ3) is 1.94. The van der Waals surface area contributed by atoms with Crippen molar-refractivity contribution >= 4 is 11.4 Å². The van der Waals surface area contributed by atoms with Crippen LogP contribution in [0.1, 0.15) is 12.5 Å². The largest absolute Gasteiger partial charge is 0.497 e. The number of carbonyl (C=O) groups is 1. The summed E-state index contributed by atoms with van der Waals surface area (Å²) in [5.74, 6) is -4.06. The Morgan fingerprint density at radius 1 is 1.11 bits per heavy atom. The van der Waals surface area contributed by atoms with Crippen molar-refractivity contribution in [1.82, 2.24) is 0 Å². The summed E-state index contributed by atoms with van der Waals surface area (Å²) in [6, 6.07) is 6.24. The van der Waals surface area contributed by atoms with Crippen molar-refractivity contribution in [1.29, 1.82) is 0 Å². The molecule has 0 bridgehead atoms. The van der Waals surface area contributed by atoms with Gasteiger partial charge in [-0.2, -0.15) is 8.78 Å². The van der Waals surface area contributed by atoms with E-state index in [2.05, 4.69) is 0 Å². The minimum absolute atomic E-state index is 0.238. The molecule has 0 aliphatic heterocycles. The zero-order valence-corrected chi connectivity index (χ0v) is 10.0. The summed E-state index contributed by atoms with van der Waals surface area (Å²) in [4.78, 5) is 11.3. The number of benzene rings is 1. The standard InChI is InChI=1S/C14H12F2O2/c1-9-3-8-12(17)14(15,16)13(9)10-4-6-11(18-2)7-5-10/h3-8H,1-2H3. The molecule has 2 nitrogen and oxygen atoms in total. The van der Waals surface area contributed by atoms with Gasteiger partial charge in [0.25, 0.3) is 0 Å². The number of methoxy groups -OCH3 is 1. The van der Waals surface area contributed by atoms with Crippen LogP contribution in [-0.2, 0) is 4.79 Å². The fourth-order valence-electron chi connectivity index (χ4n) is 1.93. The lowest BCUT2D eigenvalue weighted by atomic mass is 9.88. The maximum atomic E-state index is 13.9. The fourth-order valence-corrected chi connectivity index (χ4v) is 1.93. The molecule has 1 aliphatic carbocycles. The molecule has 0 aromatic heterocycles. The third-order valence-corrected chi connectivity index (χ3v) is 2.88. The van der Waals surface area contributed by atoms with Gasteiger partial charge in [0.2, 0.25) is 5.78 Å². The molecule has 0 unspecified atom stereocenters. The first-order valence-electron chi connectivity index (χ1n) is 5.43. The molecule has 18 heavy (non-hydrogen) atoms. The Labute approximate surface area is 104 Å². The topological polar surface area (TPSA) is 26.3 Å². The van der Waals surface area contributed by atoms with Gasteiger partial charge >= 0.3 is 5.92 Å². The maximum absolute atomic E-state index is 13.9. The number of hydrogen-bond donors (Lipinski definition) is 0. The van der Waals surface area contributed by atoms with Gasteiger partial charge in [-0.15, -0.1) is 0 Å². The molecule has 0 fully saturated rings. The number of allylic oxidation sites excluding steroid dienone is 4. The lowest BCUT2D eigenvalue weighted by molar-refractivity contribution is -0.130. The first kappa shape index (κ1) is 12.5. The monoisotopic (exact) mass is 250 g/mol. The van der Waals surface area contributed by atoms with Crippen LogP contribution >= 0.6 is 0 Å². The highest BCUT2D eigenvalue weighted by molar-refractivity contribution is 6.08. The van der Waals surface area contributed by atoms with E-state index in [1.165, 1.54) is 25.3 Å². The Balaban J connectivity index is 2.52. The minimum atomic E-state index is -3.46. The van der Waals surface area contributed by atoms with Gasteiger partial charge in [-0.05, 0) is 36.3 Å². The molecular weight excluding hydrogens is 238 g/mol. The molecule has 94 valence electrons. The number of rotatable bonds is 2. The van der Waals surface area contributed by atoms with Gasteiger partial charge in [0.1, 0.15) is 5.75 Å². The molecule has 1 aromatic carbocycles. The summed E-state index contributed by atoms with van der Waals surface area (Å²) in [6.07, 6.45) is 2.33. The molecule has 4 heteroatoms. The van der Waals surface area contributed by atoms with Crippen LogP contribution in [0.5, 0.6) is 5.75 Å². The van der Waals surface area contributed by atoms with Crippen LogP contribution in [0.25, 0.3) is 5.57 Å². The summed E-state index contributed by atoms with van der Waals surface area (Å²) in [7, 11) is 1.50. The van der Waals surface area contributed by atoms with Gasteiger partial charge in [-0.25, -0.2) is 0 Å². The van der Waals surface area contributed by atoms with Crippen molar-refractivity contribution in [2.75, 3.05) is 7.11 Å². The zero-order chi connectivity index (χ0) is 13.3. The van der Waals surface area contributed by atoms with E-state index in [-0.39, 0.29) is 5.57 Å². The molecule has 0 N–H and O–H groups in total. The summed E-state index contributed by atoms with van der Waals surface area (Å²) in [5.41, 5.74) is 0.485. The molecule has 0 saturated heterocycles. The number of ketones is 1. The van der Waals surface area contributed by atoms with Gasteiger partial charge in [0.15, 0.2) is 0 Å². The van der Waals surface area contributed by atoms with E-state index in [4.69, 9.17) is 4.74 Å². The smallest absolute Gasteiger partial charge is 0.335 e. The summed E-state index contributed by atoms with van der Waals surface area (Å²) in [6.45, 7) is 1.57. The first-order chi connectivity index (χ1) is 8.46. The second kappa shape index (κ2) is 4.37. The van der Waals surface area contributed by atoms with Crippen LogP contribution in [-0.4, -0.2) is 18.8 Å². The fraction of sp³-hybridized carbons (Fsp3) is 0.214.